The van der Waals surface area contributed by atoms with Gasteiger partial charge < -0.3 is 5.11 Å². The highest BCUT2D eigenvalue weighted by Crippen LogP contribution is 2.30. The summed E-state index contributed by atoms with van der Waals surface area (Å²) in [5.74, 6) is -0.989. The van der Waals surface area contributed by atoms with Gasteiger partial charge in [0.25, 0.3) is 0 Å². The van der Waals surface area contributed by atoms with Gasteiger partial charge >= 0.3 is 5.97 Å². The SMILES string of the molecule is CCC(C)n1ncc2c(C(=O)O)cc(C=Cc3cn(C4CCC4)nn3)nc21. The summed E-state index contributed by atoms with van der Waals surface area (Å²) in [4.78, 5) is 16.3. The fraction of sp³-hybridized carbons (Fsp3) is 0.421. The van der Waals surface area contributed by atoms with Crippen LogP contribution >= 0.6 is 0 Å². The van der Waals surface area contributed by atoms with E-state index in [9.17, 15) is 9.90 Å². The maximum Gasteiger partial charge on any atom is 0.336 e. The Morgan fingerprint density at radius 2 is 2.15 bits per heavy atom. The third kappa shape index (κ3) is 3.22. The Morgan fingerprint density at radius 1 is 1.37 bits per heavy atom. The van der Waals surface area contributed by atoms with Crippen molar-refractivity contribution in [2.75, 3.05) is 0 Å². The number of pyridine rings is 1. The smallest absolute Gasteiger partial charge is 0.336 e. The van der Waals surface area contributed by atoms with Crippen LogP contribution in [0.2, 0.25) is 0 Å². The molecule has 1 aliphatic rings. The van der Waals surface area contributed by atoms with Crippen molar-refractivity contribution in [2.24, 2.45) is 0 Å². The average Bonchev–Trinajstić information content (AvgIpc) is 3.24. The summed E-state index contributed by atoms with van der Waals surface area (Å²) in [6, 6.07) is 2.16. The summed E-state index contributed by atoms with van der Waals surface area (Å²) in [6.45, 7) is 4.10. The minimum atomic E-state index is -0.989. The van der Waals surface area contributed by atoms with Gasteiger partial charge in [-0.1, -0.05) is 12.1 Å². The summed E-state index contributed by atoms with van der Waals surface area (Å²) >= 11 is 0. The van der Waals surface area contributed by atoms with Gasteiger partial charge in [-0.25, -0.2) is 19.1 Å². The predicted octanol–water partition coefficient (Wildman–Crippen LogP) is 3.59. The number of rotatable bonds is 6. The van der Waals surface area contributed by atoms with E-state index in [1.807, 2.05) is 23.9 Å². The van der Waals surface area contributed by atoms with E-state index in [0.717, 1.165) is 25.0 Å². The van der Waals surface area contributed by atoms with Crippen molar-refractivity contribution in [1.82, 2.24) is 29.8 Å². The van der Waals surface area contributed by atoms with E-state index in [-0.39, 0.29) is 11.6 Å². The first-order valence-corrected chi connectivity index (χ1v) is 9.28. The number of carboxylic acid groups (broad SMARTS) is 1. The number of hydrogen-bond acceptors (Lipinski definition) is 5. The molecule has 1 aliphatic carbocycles. The van der Waals surface area contributed by atoms with E-state index >= 15 is 0 Å². The molecule has 27 heavy (non-hydrogen) atoms. The molecule has 0 spiro atoms. The third-order valence-corrected chi connectivity index (χ3v) is 5.23. The highest BCUT2D eigenvalue weighted by molar-refractivity contribution is 6.02. The molecule has 3 heterocycles. The number of aromatic nitrogens is 6. The van der Waals surface area contributed by atoms with Gasteiger partial charge in [-0.3, -0.25) is 0 Å². The summed E-state index contributed by atoms with van der Waals surface area (Å²) < 4.78 is 3.69. The van der Waals surface area contributed by atoms with Crippen LogP contribution in [0.25, 0.3) is 23.2 Å². The molecule has 0 saturated heterocycles. The number of hydrogen-bond donors (Lipinski definition) is 1. The molecule has 140 valence electrons. The van der Waals surface area contributed by atoms with Crippen LogP contribution in [-0.2, 0) is 0 Å². The van der Waals surface area contributed by atoms with Gasteiger partial charge in [0, 0.05) is 0 Å². The molecule has 1 saturated carbocycles. The predicted molar refractivity (Wildman–Crippen MR) is 101 cm³/mol. The normalized spacial score (nSPS) is 16.1. The van der Waals surface area contributed by atoms with Crippen molar-refractivity contribution in [3.63, 3.8) is 0 Å². The van der Waals surface area contributed by atoms with Crippen molar-refractivity contribution in [3.05, 3.63) is 35.4 Å². The molecule has 8 heteroatoms. The van der Waals surface area contributed by atoms with Gasteiger partial charge in [-0.15, -0.1) is 5.10 Å². The van der Waals surface area contributed by atoms with Gasteiger partial charge in [0.15, 0.2) is 5.65 Å². The minimum absolute atomic E-state index is 0.137. The Labute approximate surface area is 156 Å². The molecule has 1 fully saturated rings. The molecular weight excluding hydrogens is 344 g/mol. The lowest BCUT2D eigenvalue weighted by molar-refractivity contribution is 0.0699. The molecule has 1 N–H and O–H groups in total. The Balaban J connectivity index is 1.70. The van der Waals surface area contributed by atoms with Crippen LogP contribution < -0.4 is 0 Å². The quantitative estimate of drug-likeness (QED) is 0.716. The van der Waals surface area contributed by atoms with Gasteiger partial charge in [-0.2, -0.15) is 5.10 Å². The molecule has 1 atom stereocenters. The topological polar surface area (TPSA) is 98.7 Å². The van der Waals surface area contributed by atoms with E-state index in [4.69, 9.17) is 0 Å². The van der Waals surface area contributed by atoms with E-state index in [1.54, 1.807) is 23.0 Å². The number of carbonyl (C=O) groups is 1. The second kappa shape index (κ2) is 6.94. The van der Waals surface area contributed by atoms with Crippen LogP contribution in [0, 0.1) is 0 Å². The standard InChI is InChI=1S/C19H22N6O2/c1-3-12(2)25-18-17(10-20-25)16(19(26)27)9-13(21-18)7-8-14-11-24(23-22-14)15-5-4-6-15/h7-12,15H,3-6H2,1-2H3,(H,26,27). The van der Waals surface area contributed by atoms with Crippen molar-refractivity contribution in [3.8, 4) is 0 Å². The molecule has 0 aliphatic heterocycles. The Morgan fingerprint density at radius 3 is 2.81 bits per heavy atom. The number of aromatic carboxylic acids is 1. The van der Waals surface area contributed by atoms with Crippen LogP contribution in [0.1, 0.15) is 73.4 Å². The molecule has 0 amide bonds. The lowest BCUT2D eigenvalue weighted by Crippen LogP contribution is -2.17. The molecule has 3 aromatic heterocycles. The molecule has 3 aromatic rings. The van der Waals surface area contributed by atoms with Crippen LogP contribution in [0.4, 0.5) is 0 Å². The zero-order valence-electron chi connectivity index (χ0n) is 15.4. The zero-order valence-corrected chi connectivity index (χ0v) is 15.4. The summed E-state index contributed by atoms with van der Waals surface area (Å²) in [5, 5.41) is 22.8. The van der Waals surface area contributed by atoms with E-state index < -0.39 is 5.97 Å². The number of nitrogens with zero attached hydrogens (tertiary/aromatic N) is 6. The highest BCUT2D eigenvalue weighted by atomic mass is 16.4. The van der Waals surface area contributed by atoms with Crippen molar-refractivity contribution < 1.29 is 9.90 Å². The Kier molecular flexibility index (Phi) is 4.47. The first-order valence-electron chi connectivity index (χ1n) is 9.28. The van der Waals surface area contributed by atoms with Gasteiger partial charge in [0.1, 0.15) is 5.69 Å². The highest BCUT2D eigenvalue weighted by Gasteiger charge is 2.20. The van der Waals surface area contributed by atoms with Crippen molar-refractivity contribution in [2.45, 2.75) is 51.6 Å². The molecule has 8 nitrogen and oxygen atoms in total. The van der Waals surface area contributed by atoms with Crippen LogP contribution in [0.15, 0.2) is 18.5 Å². The van der Waals surface area contributed by atoms with Crippen molar-refractivity contribution in [1.29, 1.82) is 0 Å². The second-order valence-electron chi connectivity index (χ2n) is 7.03. The van der Waals surface area contributed by atoms with E-state index in [0.29, 0.717) is 22.8 Å². The summed E-state index contributed by atoms with van der Waals surface area (Å²) in [6.07, 6.45) is 11.5. The molecule has 0 bridgehead atoms. The molecule has 4 rings (SSSR count). The summed E-state index contributed by atoms with van der Waals surface area (Å²) in [7, 11) is 0. The molecule has 0 radical (unpaired) electrons. The zero-order chi connectivity index (χ0) is 19.0. The monoisotopic (exact) mass is 366 g/mol. The minimum Gasteiger partial charge on any atom is -0.478 e. The van der Waals surface area contributed by atoms with Gasteiger partial charge in [0.05, 0.1) is 41.1 Å². The number of fused-ring (bicyclic) bond motifs is 1. The lowest BCUT2D eigenvalue weighted by Gasteiger charge is -2.24. The van der Waals surface area contributed by atoms with Crippen LogP contribution in [-0.4, -0.2) is 40.8 Å². The molecular formula is C19H22N6O2. The number of carboxylic acids is 1. The van der Waals surface area contributed by atoms with E-state index in [1.165, 1.54) is 6.42 Å². The Bertz CT molecular complexity index is 1010. The first kappa shape index (κ1) is 17.4. The largest absolute Gasteiger partial charge is 0.478 e. The average molecular weight is 366 g/mol. The maximum absolute atomic E-state index is 11.7. The lowest BCUT2D eigenvalue weighted by atomic mass is 9.93. The first-order chi connectivity index (χ1) is 13.1. The van der Waals surface area contributed by atoms with Gasteiger partial charge in [-0.05, 0) is 50.8 Å². The van der Waals surface area contributed by atoms with Gasteiger partial charge in [0.2, 0.25) is 0 Å². The summed E-state index contributed by atoms with van der Waals surface area (Å²) in [5.41, 5.74) is 2.08. The fourth-order valence-corrected chi connectivity index (χ4v) is 3.16. The second-order valence-corrected chi connectivity index (χ2v) is 7.03. The fourth-order valence-electron chi connectivity index (χ4n) is 3.16. The van der Waals surface area contributed by atoms with Crippen molar-refractivity contribution >= 4 is 29.2 Å². The Hall–Kier alpha value is -3.03. The van der Waals surface area contributed by atoms with E-state index in [2.05, 4.69) is 27.3 Å². The third-order valence-electron chi connectivity index (χ3n) is 5.23. The molecule has 0 aromatic carbocycles. The van der Waals surface area contributed by atoms with Crippen LogP contribution in [0.5, 0.6) is 0 Å². The molecule has 1 unspecified atom stereocenters. The van der Waals surface area contributed by atoms with Crippen LogP contribution in [0.3, 0.4) is 0 Å². The maximum atomic E-state index is 11.7.